The molecule has 1 aromatic rings. The fraction of sp³-hybridized carbons (Fsp3) is 0.100. The Kier molecular flexibility index (Phi) is 6.11. The molecule has 0 heterocycles. The van der Waals surface area contributed by atoms with E-state index < -0.39 is 28.0 Å². The average molecular weight is 344 g/mol. The number of guanidine groups is 2. The lowest BCUT2D eigenvalue weighted by Crippen LogP contribution is -2.51. The van der Waals surface area contributed by atoms with Crippen molar-refractivity contribution in [3.05, 3.63) is 30.3 Å². The van der Waals surface area contributed by atoms with E-state index in [1.807, 2.05) is 10.3 Å². The first kappa shape index (κ1) is 18.0. The van der Waals surface area contributed by atoms with E-state index in [1.54, 1.807) is 18.2 Å². The van der Waals surface area contributed by atoms with Crippen molar-refractivity contribution >= 4 is 28.0 Å². The van der Waals surface area contributed by atoms with Crippen LogP contribution in [0.2, 0.25) is 0 Å². The van der Waals surface area contributed by atoms with E-state index in [0.717, 1.165) is 7.11 Å². The third-order valence-electron chi connectivity index (χ3n) is 2.19. The van der Waals surface area contributed by atoms with Gasteiger partial charge in [0.2, 0.25) is 11.9 Å². The number of hydrogen-bond donors (Lipinski definition) is 6. The third kappa shape index (κ3) is 5.68. The number of carbonyl (C=O) groups is 1. The van der Waals surface area contributed by atoms with Crippen molar-refractivity contribution < 1.29 is 17.9 Å². The van der Waals surface area contributed by atoms with Crippen LogP contribution in [-0.2, 0) is 14.8 Å². The van der Waals surface area contributed by atoms with E-state index in [9.17, 15) is 13.2 Å². The Balaban J connectivity index is 2.75. The highest BCUT2D eigenvalue weighted by molar-refractivity contribution is 7.89. The van der Waals surface area contributed by atoms with Gasteiger partial charge in [-0.3, -0.25) is 10.8 Å². The number of amides is 1. The number of hydrazone groups is 1. The van der Waals surface area contributed by atoms with Gasteiger partial charge in [-0.1, -0.05) is 18.2 Å². The highest BCUT2D eigenvalue weighted by Crippen LogP contribution is 2.05. The number of nitrogens with zero attached hydrogens (tertiary/aromatic N) is 2. The van der Waals surface area contributed by atoms with Crippen LogP contribution in [0.1, 0.15) is 0 Å². The maximum Gasteiger partial charge on any atom is 0.427 e. The van der Waals surface area contributed by atoms with E-state index in [-0.39, 0.29) is 4.90 Å². The van der Waals surface area contributed by atoms with Crippen LogP contribution < -0.4 is 27.2 Å². The summed E-state index contributed by atoms with van der Waals surface area (Å²) in [7, 11) is -2.79. The quantitative estimate of drug-likeness (QED) is 0.209. The second-order valence-corrected chi connectivity index (χ2v) is 5.51. The molecule has 0 atom stereocenters. The molecular weight excluding hydrogens is 328 g/mol. The molecule has 0 aliphatic rings. The fourth-order valence-electron chi connectivity index (χ4n) is 1.18. The number of hydrogen-bond acceptors (Lipinski definition) is 6. The molecule has 0 fully saturated rings. The van der Waals surface area contributed by atoms with E-state index in [1.165, 1.54) is 12.1 Å². The number of rotatable bonds is 4. The minimum atomic E-state index is -3.88. The molecule has 0 aromatic heterocycles. The van der Waals surface area contributed by atoms with Crippen LogP contribution in [0.3, 0.4) is 0 Å². The molecule has 12 nitrogen and oxygen atoms in total. The Hall–Kier alpha value is -3.06. The fourth-order valence-corrected chi connectivity index (χ4v) is 2.05. The first-order chi connectivity index (χ1) is 10.8. The molecule has 1 aromatic carbocycles. The van der Waals surface area contributed by atoms with Gasteiger partial charge < -0.3 is 16.2 Å². The second kappa shape index (κ2) is 7.81. The van der Waals surface area contributed by atoms with Gasteiger partial charge >= 0.3 is 6.09 Å². The summed E-state index contributed by atoms with van der Waals surface area (Å²) in [6, 6.07) is 7.50. The zero-order chi connectivity index (χ0) is 17.5. The number of carbonyl (C=O) groups excluding carboxylic acids is 1. The van der Waals surface area contributed by atoms with Gasteiger partial charge in [0.05, 0.1) is 12.0 Å². The molecule has 23 heavy (non-hydrogen) atoms. The summed E-state index contributed by atoms with van der Waals surface area (Å²) in [5.74, 6) is -1.18. The Bertz CT molecular complexity index is 690. The number of benzene rings is 1. The van der Waals surface area contributed by atoms with Crippen LogP contribution in [-0.4, -0.2) is 38.7 Å². The Morgan fingerprint density at radius 1 is 1.30 bits per heavy atom. The largest absolute Gasteiger partial charge is 0.452 e. The van der Waals surface area contributed by atoms with E-state index in [4.69, 9.17) is 16.9 Å². The standard InChI is InChI=1S/C10H16N8O4S/c1-22-10(19)16-18(8(11)12)15-9(13)14-17-23(20,21)7-5-3-2-4-6-7/h2-6,17H,1H3,(H3,11,12)(H,16,19)(H3,13,14,15). The van der Waals surface area contributed by atoms with Crippen molar-refractivity contribution in [2.75, 3.05) is 7.11 Å². The predicted octanol–water partition coefficient (Wildman–Crippen LogP) is -1.83. The summed E-state index contributed by atoms with van der Waals surface area (Å²) in [5, 5.41) is 11.2. The van der Waals surface area contributed by atoms with Crippen molar-refractivity contribution in [1.82, 2.24) is 20.8 Å². The zero-order valence-corrected chi connectivity index (χ0v) is 12.8. The Morgan fingerprint density at radius 3 is 2.43 bits per heavy atom. The second-order valence-electron chi connectivity index (χ2n) is 3.83. The van der Waals surface area contributed by atoms with Crippen LogP contribution >= 0.6 is 0 Å². The normalized spacial score (nSPS) is 11.4. The van der Waals surface area contributed by atoms with Gasteiger partial charge in [0, 0.05) is 0 Å². The SMILES string of the molecule is COC(=O)NN(N=C(N)NNS(=O)(=O)c1ccccc1)C(=N)N. The number of hydrazine groups is 2. The van der Waals surface area contributed by atoms with Crippen molar-refractivity contribution in [3.8, 4) is 0 Å². The minimum absolute atomic E-state index is 0.00332. The van der Waals surface area contributed by atoms with Crippen LogP contribution in [0.4, 0.5) is 4.79 Å². The maximum absolute atomic E-state index is 11.9. The minimum Gasteiger partial charge on any atom is -0.452 e. The Morgan fingerprint density at radius 2 is 1.91 bits per heavy atom. The third-order valence-corrected chi connectivity index (χ3v) is 3.45. The highest BCUT2D eigenvalue weighted by atomic mass is 32.2. The molecule has 13 heteroatoms. The van der Waals surface area contributed by atoms with Gasteiger partial charge in [0.1, 0.15) is 0 Å². The lowest BCUT2D eigenvalue weighted by atomic mass is 10.4. The van der Waals surface area contributed by atoms with Crippen molar-refractivity contribution in [2.45, 2.75) is 4.90 Å². The Labute approximate surface area is 132 Å². The average Bonchev–Trinajstić information content (AvgIpc) is 2.53. The first-order valence-corrected chi connectivity index (χ1v) is 7.40. The molecule has 0 aliphatic heterocycles. The first-order valence-electron chi connectivity index (χ1n) is 5.92. The van der Waals surface area contributed by atoms with Crippen LogP contribution in [0.25, 0.3) is 0 Å². The molecule has 0 unspecified atom stereocenters. The summed E-state index contributed by atoms with van der Waals surface area (Å²) < 4.78 is 28.2. The van der Waals surface area contributed by atoms with Gasteiger partial charge in [-0.25, -0.2) is 18.6 Å². The molecule has 0 radical (unpaired) electrons. The maximum atomic E-state index is 11.9. The summed E-state index contributed by atoms with van der Waals surface area (Å²) in [4.78, 5) is 13.0. The molecule has 0 bridgehead atoms. The van der Waals surface area contributed by atoms with Crippen LogP contribution in [0.5, 0.6) is 0 Å². The van der Waals surface area contributed by atoms with Gasteiger partial charge in [-0.15, -0.1) is 15.1 Å². The summed E-state index contributed by atoms with van der Waals surface area (Å²) in [5.41, 5.74) is 14.7. The molecule has 0 saturated carbocycles. The molecule has 126 valence electrons. The zero-order valence-electron chi connectivity index (χ0n) is 12.0. The predicted molar refractivity (Wildman–Crippen MR) is 80.8 cm³/mol. The van der Waals surface area contributed by atoms with E-state index in [0.29, 0.717) is 5.12 Å². The van der Waals surface area contributed by atoms with Crippen molar-refractivity contribution in [2.24, 2.45) is 16.6 Å². The molecule has 0 spiro atoms. The molecule has 0 saturated heterocycles. The number of nitrogens with one attached hydrogen (secondary N) is 4. The summed E-state index contributed by atoms with van der Waals surface area (Å²) in [6.45, 7) is 0. The molecule has 1 amide bonds. The lowest BCUT2D eigenvalue weighted by Gasteiger charge is -2.17. The number of nitrogens with two attached hydrogens (primary N) is 2. The smallest absolute Gasteiger partial charge is 0.427 e. The van der Waals surface area contributed by atoms with Crippen LogP contribution in [0.15, 0.2) is 40.3 Å². The molecule has 0 aliphatic carbocycles. The topological polar surface area (TPSA) is 188 Å². The van der Waals surface area contributed by atoms with Gasteiger partial charge in [-0.2, -0.15) is 0 Å². The van der Waals surface area contributed by atoms with E-state index >= 15 is 0 Å². The summed E-state index contributed by atoms with van der Waals surface area (Å²) in [6.07, 6.45) is -0.957. The van der Waals surface area contributed by atoms with Gasteiger partial charge in [0.25, 0.3) is 10.0 Å². The number of methoxy groups -OCH3 is 1. The molecular formula is C10H16N8O4S. The summed E-state index contributed by atoms with van der Waals surface area (Å²) >= 11 is 0. The molecule has 1 rings (SSSR count). The van der Waals surface area contributed by atoms with Crippen molar-refractivity contribution in [1.29, 1.82) is 5.41 Å². The highest BCUT2D eigenvalue weighted by Gasteiger charge is 2.14. The lowest BCUT2D eigenvalue weighted by molar-refractivity contribution is 0.148. The monoisotopic (exact) mass is 344 g/mol. The van der Waals surface area contributed by atoms with Crippen molar-refractivity contribution in [3.63, 3.8) is 0 Å². The number of ether oxygens (including phenoxy) is 1. The van der Waals surface area contributed by atoms with Gasteiger partial charge in [-0.05, 0) is 12.1 Å². The van der Waals surface area contributed by atoms with E-state index in [2.05, 4.69) is 15.3 Å². The number of sulfonamides is 1. The molecule has 8 N–H and O–H groups in total. The van der Waals surface area contributed by atoms with Gasteiger partial charge in [0.15, 0.2) is 0 Å². The van der Waals surface area contributed by atoms with Crippen LogP contribution in [0, 0.1) is 5.41 Å².